The first-order chi connectivity index (χ1) is 10.5. The van der Waals surface area contributed by atoms with Gasteiger partial charge in [0.2, 0.25) is 5.91 Å². The summed E-state index contributed by atoms with van der Waals surface area (Å²) in [5.74, 6) is -3.43. The number of amides is 1. The Bertz CT molecular complexity index is 654. The van der Waals surface area contributed by atoms with Gasteiger partial charge < -0.3 is 4.90 Å². The highest BCUT2D eigenvalue weighted by atomic mass is 19.3. The van der Waals surface area contributed by atoms with Crippen molar-refractivity contribution in [1.82, 2.24) is 34.9 Å². The maximum atomic E-state index is 14.4. The van der Waals surface area contributed by atoms with Crippen LogP contribution in [0.3, 0.4) is 0 Å². The molecule has 3 rings (SSSR count). The zero-order valence-corrected chi connectivity index (χ0v) is 11.9. The van der Waals surface area contributed by atoms with Gasteiger partial charge in [0.25, 0.3) is 5.92 Å². The van der Waals surface area contributed by atoms with Crippen LogP contribution in [0.1, 0.15) is 24.4 Å². The van der Waals surface area contributed by atoms with E-state index in [1.807, 2.05) is 0 Å². The molecule has 0 spiro atoms. The Morgan fingerprint density at radius 1 is 1.50 bits per heavy atom. The summed E-state index contributed by atoms with van der Waals surface area (Å²) in [6, 6.07) is -1.31. The molecule has 0 bridgehead atoms. The average Bonchev–Trinajstić information content (AvgIpc) is 3.09. The minimum Gasteiger partial charge on any atom is -0.328 e. The number of hydrogen-bond donors (Lipinski definition) is 0. The molecule has 1 saturated heterocycles. The first-order valence-corrected chi connectivity index (χ1v) is 6.84. The molecule has 1 fully saturated rings. The first kappa shape index (κ1) is 14.5. The molecule has 0 aliphatic carbocycles. The molecule has 1 unspecified atom stereocenters. The molecule has 22 heavy (non-hydrogen) atoms. The van der Waals surface area contributed by atoms with Crippen LogP contribution < -0.4 is 0 Å². The number of aryl methyl sites for hydroxylation is 1. The number of nitrogens with zero attached hydrogens (tertiary/aromatic N) is 7. The zero-order valence-electron chi connectivity index (χ0n) is 11.9. The van der Waals surface area contributed by atoms with Gasteiger partial charge in [-0.2, -0.15) is 5.10 Å². The lowest BCUT2D eigenvalue weighted by atomic mass is 9.93. The lowest BCUT2D eigenvalue weighted by Crippen LogP contribution is -2.49. The first-order valence-electron chi connectivity index (χ1n) is 6.84. The Hall–Kier alpha value is -2.39. The van der Waals surface area contributed by atoms with Gasteiger partial charge in [-0.25, -0.2) is 13.5 Å². The molecule has 8 nitrogen and oxygen atoms in total. The van der Waals surface area contributed by atoms with Crippen molar-refractivity contribution >= 4 is 5.91 Å². The molecule has 118 valence electrons. The van der Waals surface area contributed by atoms with Crippen LogP contribution in [0, 0.1) is 0 Å². The van der Waals surface area contributed by atoms with E-state index in [4.69, 9.17) is 0 Å². The van der Waals surface area contributed by atoms with Crippen molar-refractivity contribution in [3.05, 3.63) is 24.3 Å². The highest BCUT2D eigenvalue weighted by Gasteiger charge is 2.48. The van der Waals surface area contributed by atoms with Gasteiger partial charge in [0, 0.05) is 31.8 Å². The van der Waals surface area contributed by atoms with Crippen molar-refractivity contribution in [2.24, 2.45) is 7.05 Å². The quantitative estimate of drug-likeness (QED) is 0.820. The summed E-state index contributed by atoms with van der Waals surface area (Å²) in [6.07, 6.45) is 4.17. The molecule has 2 aromatic rings. The van der Waals surface area contributed by atoms with Crippen molar-refractivity contribution in [3.63, 3.8) is 0 Å². The smallest absolute Gasteiger partial charge is 0.272 e. The fourth-order valence-corrected chi connectivity index (χ4v) is 2.73. The number of carbonyl (C=O) groups excluding carboxylic acids is 1. The number of hydrogen-bond acceptors (Lipinski definition) is 5. The standard InChI is InChI=1S/C12H15F2N7O/c1-19-6-9(5-16-19)11-12(13,14)3-2-4-21(11)10(22)7-20-8-15-17-18-20/h5-6,8,11H,2-4,7H2,1H3. The van der Waals surface area contributed by atoms with E-state index >= 15 is 0 Å². The SMILES string of the molecule is Cn1cc(C2N(C(=O)Cn3cnnn3)CCCC2(F)F)cn1. The van der Waals surface area contributed by atoms with E-state index in [9.17, 15) is 13.6 Å². The number of tetrazole rings is 1. The van der Waals surface area contributed by atoms with Crippen LogP contribution >= 0.6 is 0 Å². The number of aromatic nitrogens is 6. The molecule has 0 radical (unpaired) electrons. The number of piperidine rings is 1. The molecule has 0 saturated carbocycles. The van der Waals surface area contributed by atoms with Gasteiger partial charge in [-0.15, -0.1) is 5.10 Å². The molecule has 0 N–H and O–H groups in total. The highest BCUT2D eigenvalue weighted by Crippen LogP contribution is 2.43. The van der Waals surface area contributed by atoms with Crippen molar-refractivity contribution in [1.29, 1.82) is 0 Å². The van der Waals surface area contributed by atoms with Gasteiger partial charge >= 0.3 is 0 Å². The predicted molar refractivity (Wildman–Crippen MR) is 69.7 cm³/mol. The third kappa shape index (κ3) is 2.68. The molecule has 1 aliphatic rings. The van der Waals surface area contributed by atoms with Crippen LogP contribution in [-0.4, -0.2) is 53.3 Å². The Labute approximate surface area is 124 Å². The fraction of sp³-hybridized carbons (Fsp3) is 0.583. The Morgan fingerprint density at radius 2 is 2.32 bits per heavy atom. The van der Waals surface area contributed by atoms with Gasteiger partial charge in [0.1, 0.15) is 18.9 Å². The summed E-state index contributed by atoms with van der Waals surface area (Å²) >= 11 is 0. The van der Waals surface area contributed by atoms with Crippen molar-refractivity contribution < 1.29 is 13.6 Å². The summed E-state index contributed by atoms with van der Waals surface area (Å²) in [7, 11) is 1.65. The second-order valence-electron chi connectivity index (χ2n) is 5.31. The molecule has 3 heterocycles. The fourth-order valence-electron chi connectivity index (χ4n) is 2.73. The minimum atomic E-state index is -2.99. The van der Waals surface area contributed by atoms with E-state index < -0.39 is 17.9 Å². The highest BCUT2D eigenvalue weighted by molar-refractivity contribution is 5.76. The summed E-state index contributed by atoms with van der Waals surface area (Å²) in [4.78, 5) is 13.6. The van der Waals surface area contributed by atoms with Crippen LogP contribution in [0.4, 0.5) is 8.78 Å². The Morgan fingerprint density at radius 3 is 2.95 bits per heavy atom. The molecule has 1 aliphatic heterocycles. The van der Waals surface area contributed by atoms with Crippen LogP contribution in [0.25, 0.3) is 0 Å². The molecule has 1 amide bonds. The minimum absolute atomic E-state index is 0.167. The Balaban J connectivity index is 1.88. The largest absolute Gasteiger partial charge is 0.328 e. The van der Waals surface area contributed by atoms with E-state index in [1.165, 1.54) is 33.0 Å². The van der Waals surface area contributed by atoms with Crippen LogP contribution in [0.5, 0.6) is 0 Å². The number of alkyl halides is 2. The molecular weight excluding hydrogens is 296 g/mol. The van der Waals surface area contributed by atoms with E-state index in [0.717, 1.165) is 0 Å². The van der Waals surface area contributed by atoms with Gasteiger partial charge in [-0.1, -0.05) is 0 Å². The van der Waals surface area contributed by atoms with Crippen molar-refractivity contribution in [3.8, 4) is 0 Å². The molecular formula is C12H15F2N7O. The van der Waals surface area contributed by atoms with Crippen molar-refractivity contribution in [2.45, 2.75) is 31.4 Å². The number of rotatable bonds is 3. The second-order valence-corrected chi connectivity index (χ2v) is 5.31. The number of carbonyl (C=O) groups is 1. The normalized spacial score (nSPS) is 21.0. The summed E-state index contributed by atoms with van der Waals surface area (Å²) in [5, 5.41) is 14.4. The van der Waals surface area contributed by atoms with Crippen molar-refractivity contribution in [2.75, 3.05) is 6.54 Å². The van der Waals surface area contributed by atoms with E-state index in [2.05, 4.69) is 20.6 Å². The monoisotopic (exact) mass is 311 g/mol. The van der Waals surface area contributed by atoms with Gasteiger partial charge in [-0.3, -0.25) is 9.48 Å². The van der Waals surface area contributed by atoms with Gasteiger partial charge in [0.15, 0.2) is 0 Å². The molecule has 1 atom stereocenters. The Kier molecular flexibility index (Phi) is 3.59. The topological polar surface area (TPSA) is 81.7 Å². The number of likely N-dealkylation sites (tertiary alicyclic amines) is 1. The summed E-state index contributed by atoms with van der Waals surface area (Å²) < 4.78 is 31.4. The number of halogens is 2. The third-order valence-electron chi connectivity index (χ3n) is 3.67. The predicted octanol–water partition coefficient (Wildman–Crippen LogP) is 0.406. The molecule has 2 aromatic heterocycles. The maximum Gasteiger partial charge on any atom is 0.272 e. The van der Waals surface area contributed by atoms with E-state index in [1.54, 1.807) is 7.05 Å². The zero-order chi connectivity index (χ0) is 15.7. The van der Waals surface area contributed by atoms with E-state index in [-0.39, 0.29) is 25.9 Å². The van der Waals surface area contributed by atoms with Gasteiger partial charge in [0.05, 0.1) is 6.20 Å². The lowest BCUT2D eigenvalue weighted by molar-refractivity contribution is -0.156. The second kappa shape index (κ2) is 5.43. The van der Waals surface area contributed by atoms with Gasteiger partial charge in [-0.05, 0) is 16.8 Å². The molecule has 10 heteroatoms. The lowest BCUT2D eigenvalue weighted by Gasteiger charge is -2.40. The molecule has 0 aromatic carbocycles. The van der Waals surface area contributed by atoms with E-state index in [0.29, 0.717) is 5.56 Å². The maximum absolute atomic E-state index is 14.4. The summed E-state index contributed by atoms with van der Waals surface area (Å²) in [5.41, 5.74) is 0.331. The van der Waals surface area contributed by atoms with Crippen LogP contribution in [0.15, 0.2) is 18.7 Å². The van der Waals surface area contributed by atoms with Crippen LogP contribution in [-0.2, 0) is 18.4 Å². The summed E-state index contributed by atoms with van der Waals surface area (Å²) in [6.45, 7) is 0.107. The average molecular weight is 311 g/mol. The van der Waals surface area contributed by atoms with Crippen LogP contribution in [0.2, 0.25) is 0 Å². The third-order valence-corrected chi connectivity index (χ3v) is 3.67.